The molecule has 2 nitrogen and oxygen atoms in total. The lowest BCUT2D eigenvalue weighted by Gasteiger charge is -2.09. The smallest absolute Gasteiger partial charge is 0.122 e. The van der Waals surface area contributed by atoms with Gasteiger partial charge in [0.1, 0.15) is 5.75 Å². The van der Waals surface area contributed by atoms with Crippen molar-refractivity contribution in [3.05, 3.63) is 29.8 Å². The highest BCUT2D eigenvalue weighted by atomic mass is 16.5. The predicted octanol–water partition coefficient (Wildman–Crippen LogP) is 2.37. The van der Waals surface area contributed by atoms with Gasteiger partial charge in [-0.15, -0.1) is 0 Å². The number of nitrogens with two attached hydrogens (primary N) is 1. The molecule has 1 aromatic carbocycles. The zero-order valence-electron chi connectivity index (χ0n) is 8.83. The highest BCUT2D eigenvalue weighted by Gasteiger charge is 2.00. The first-order valence-corrected chi connectivity index (χ1v) is 5.29. The van der Waals surface area contributed by atoms with Crippen molar-refractivity contribution in [2.24, 2.45) is 5.73 Å². The Labute approximate surface area is 86.1 Å². The summed E-state index contributed by atoms with van der Waals surface area (Å²) in [6.45, 7) is 3.52. The minimum absolute atomic E-state index is 0.730. The highest BCUT2D eigenvalue weighted by Crippen LogP contribution is 2.19. The average molecular weight is 193 g/mol. The van der Waals surface area contributed by atoms with Crippen LogP contribution in [0.3, 0.4) is 0 Å². The van der Waals surface area contributed by atoms with Crippen molar-refractivity contribution in [1.82, 2.24) is 0 Å². The molecule has 0 amide bonds. The van der Waals surface area contributed by atoms with Crippen LogP contribution in [-0.2, 0) is 6.42 Å². The minimum Gasteiger partial charge on any atom is -0.494 e. The number of rotatable bonds is 6. The van der Waals surface area contributed by atoms with Crippen molar-refractivity contribution in [3.63, 3.8) is 0 Å². The molecule has 2 heteroatoms. The zero-order chi connectivity index (χ0) is 10.2. The second kappa shape index (κ2) is 6.44. The van der Waals surface area contributed by atoms with E-state index >= 15 is 0 Å². The zero-order valence-corrected chi connectivity index (χ0v) is 8.83. The SMILES string of the molecule is CCOc1ccccc1CCCCN. The second-order valence-electron chi connectivity index (χ2n) is 3.29. The fourth-order valence-electron chi connectivity index (χ4n) is 1.47. The summed E-state index contributed by atoms with van der Waals surface area (Å²) >= 11 is 0. The quantitative estimate of drug-likeness (QED) is 0.704. The third-order valence-corrected chi connectivity index (χ3v) is 2.17. The Morgan fingerprint density at radius 2 is 2.00 bits per heavy atom. The van der Waals surface area contributed by atoms with E-state index in [0.29, 0.717) is 0 Å². The Morgan fingerprint density at radius 3 is 2.71 bits per heavy atom. The van der Waals surface area contributed by atoms with Crippen LogP contribution in [0.2, 0.25) is 0 Å². The van der Waals surface area contributed by atoms with E-state index in [1.807, 2.05) is 19.1 Å². The van der Waals surface area contributed by atoms with Crippen molar-refractivity contribution in [2.45, 2.75) is 26.2 Å². The largest absolute Gasteiger partial charge is 0.494 e. The number of benzene rings is 1. The van der Waals surface area contributed by atoms with E-state index in [-0.39, 0.29) is 0 Å². The van der Waals surface area contributed by atoms with Crippen LogP contribution >= 0.6 is 0 Å². The fourth-order valence-corrected chi connectivity index (χ4v) is 1.47. The van der Waals surface area contributed by atoms with Crippen LogP contribution in [0, 0.1) is 0 Å². The normalized spacial score (nSPS) is 10.1. The molecule has 0 bridgehead atoms. The van der Waals surface area contributed by atoms with Crippen LogP contribution in [-0.4, -0.2) is 13.2 Å². The summed E-state index contributed by atoms with van der Waals surface area (Å²) in [5, 5.41) is 0. The predicted molar refractivity (Wildman–Crippen MR) is 59.6 cm³/mol. The maximum Gasteiger partial charge on any atom is 0.122 e. The lowest BCUT2D eigenvalue weighted by atomic mass is 10.1. The standard InChI is InChI=1S/C12H19NO/c1-2-14-12-9-4-3-7-11(12)8-5-6-10-13/h3-4,7,9H,2,5-6,8,10,13H2,1H3. The van der Waals surface area contributed by atoms with Crippen molar-refractivity contribution >= 4 is 0 Å². The van der Waals surface area contributed by atoms with Crippen molar-refractivity contribution in [1.29, 1.82) is 0 Å². The van der Waals surface area contributed by atoms with Crippen LogP contribution in [0.1, 0.15) is 25.3 Å². The molecule has 0 aliphatic heterocycles. The molecule has 0 aliphatic rings. The van der Waals surface area contributed by atoms with Gasteiger partial charge >= 0.3 is 0 Å². The van der Waals surface area contributed by atoms with Gasteiger partial charge in [0, 0.05) is 0 Å². The first-order valence-electron chi connectivity index (χ1n) is 5.29. The maximum absolute atomic E-state index is 5.54. The molecule has 78 valence electrons. The van der Waals surface area contributed by atoms with Crippen molar-refractivity contribution in [3.8, 4) is 5.75 Å². The van der Waals surface area contributed by atoms with Gasteiger partial charge in [0.15, 0.2) is 0 Å². The van der Waals surface area contributed by atoms with Gasteiger partial charge in [-0.1, -0.05) is 18.2 Å². The number of para-hydroxylation sites is 1. The molecule has 1 rings (SSSR count). The van der Waals surface area contributed by atoms with Crippen LogP contribution < -0.4 is 10.5 Å². The topological polar surface area (TPSA) is 35.2 Å². The Bertz CT molecular complexity index is 260. The summed E-state index contributed by atoms with van der Waals surface area (Å²) in [5.41, 5.74) is 6.75. The number of aryl methyl sites for hydroxylation is 1. The molecule has 0 aliphatic carbocycles. The highest BCUT2D eigenvalue weighted by molar-refractivity contribution is 5.33. The summed E-state index contributed by atoms with van der Waals surface area (Å²) in [7, 11) is 0. The number of hydrogen-bond donors (Lipinski definition) is 1. The third-order valence-electron chi connectivity index (χ3n) is 2.17. The molecule has 0 unspecified atom stereocenters. The molecule has 2 N–H and O–H groups in total. The van der Waals surface area contributed by atoms with Gasteiger partial charge < -0.3 is 10.5 Å². The molecule has 0 radical (unpaired) electrons. The van der Waals surface area contributed by atoms with E-state index in [4.69, 9.17) is 10.5 Å². The summed E-state index contributed by atoms with van der Waals surface area (Å²) in [5.74, 6) is 1.02. The Kier molecular flexibility index (Phi) is 5.08. The van der Waals surface area contributed by atoms with E-state index in [0.717, 1.165) is 38.2 Å². The molecule has 1 aromatic rings. The molecule has 0 aromatic heterocycles. The monoisotopic (exact) mass is 193 g/mol. The third kappa shape index (κ3) is 3.38. The first kappa shape index (κ1) is 11.1. The van der Waals surface area contributed by atoms with Gasteiger partial charge in [0.05, 0.1) is 6.61 Å². The van der Waals surface area contributed by atoms with Gasteiger partial charge in [-0.3, -0.25) is 0 Å². The fraction of sp³-hybridized carbons (Fsp3) is 0.500. The Morgan fingerprint density at radius 1 is 1.21 bits per heavy atom. The summed E-state index contributed by atoms with van der Waals surface area (Å²) in [6, 6.07) is 8.22. The average Bonchev–Trinajstić information content (AvgIpc) is 2.21. The van der Waals surface area contributed by atoms with Gasteiger partial charge in [-0.05, 0) is 44.4 Å². The Hall–Kier alpha value is -1.02. The van der Waals surface area contributed by atoms with Crippen LogP contribution in [0.4, 0.5) is 0 Å². The summed E-state index contributed by atoms with van der Waals surface area (Å²) in [4.78, 5) is 0. The number of unbranched alkanes of at least 4 members (excludes halogenated alkanes) is 1. The van der Waals surface area contributed by atoms with Crippen molar-refractivity contribution < 1.29 is 4.74 Å². The van der Waals surface area contributed by atoms with Gasteiger partial charge in [0.25, 0.3) is 0 Å². The molecule has 0 heterocycles. The van der Waals surface area contributed by atoms with Gasteiger partial charge in [0.2, 0.25) is 0 Å². The van der Waals surface area contributed by atoms with Crippen LogP contribution in [0.15, 0.2) is 24.3 Å². The lowest BCUT2D eigenvalue weighted by Crippen LogP contribution is -2.00. The van der Waals surface area contributed by atoms with Gasteiger partial charge in [-0.2, -0.15) is 0 Å². The van der Waals surface area contributed by atoms with E-state index in [1.165, 1.54) is 5.56 Å². The molecule has 0 saturated heterocycles. The minimum atomic E-state index is 0.730. The van der Waals surface area contributed by atoms with Crippen molar-refractivity contribution in [2.75, 3.05) is 13.2 Å². The van der Waals surface area contributed by atoms with Gasteiger partial charge in [-0.25, -0.2) is 0 Å². The molecule has 0 fully saturated rings. The molecular formula is C12H19NO. The van der Waals surface area contributed by atoms with Crippen LogP contribution in [0.25, 0.3) is 0 Å². The molecule has 0 atom stereocenters. The maximum atomic E-state index is 5.54. The van der Waals surface area contributed by atoms with Crippen LogP contribution in [0.5, 0.6) is 5.75 Å². The molecule has 0 saturated carbocycles. The molecule has 14 heavy (non-hydrogen) atoms. The Balaban J connectivity index is 2.55. The summed E-state index contributed by atoms with van der Waals surface area (Å²) < 4.78 is 5.54. The molecular weight excluding hydrogens is 174 g/mol. The van der Waals surface area contributed by atoms with E-state index in [2.05, 4.69) is 12.1 Å². The molecule has 0 spiro atoms. The number of hydrogen-bond acceptors (Lipinski definition) is 2. The summed E-state index contributed by atoms with van der Waals surface area (Å²) in [6.07, 6.45) is 3.29. The van der Waals surface area contributed by atoms with E-state index in [1.54, 1.807) is 0 Å². The van der Waals surface area contributed by atoms with E-state index in [9.17, 15) is 0 Å². The number of ether oxygens (including phenoxy) is 1. The first-order chi connectivity index (χ1) is 6.88. The lowest BCUT2D eigenvalue weighted by molar-refractivity contribution is 0.336. The second-order valence-corrected chi connectivity index (χ2v) is 3.29. The van der Waals surface area contributed by atoms with E-state index < -0.39 is 0 Å².